The average molecular weight is 276 g/mol. The summed E-state index contributed by atoms with van der Waals surface area (Å²) in [6.07, 6.45) is 1.17. The first-order chi connectivity index (χ1) is 9.58. The van der Waals surface area contributed by atoms with Gasteiger partial charge in [-0.3, -0.25) is 9.59 Å². The van der Waals surface area contributed by atoms with Crippen LogP contribution in [0.2, 0.25) is 0 Å². The fourth-order valence-electron chi connectivity index (χ4n) is 1.71. The monoisotopic (exact) mass is 276 g/mol. The van der Waals surface area contributed by atoms with Gasteiger partial charge in [-0.2, -0.15) is 10.2 Å². The zero-order valence-corrected chi connectivity index (χ0v) is 10.8. The molecule has 2 rings (SSSR count). The molecule has 20 heavy (non-hydrogen) atoms. The molecule has 1 unspecified atom stereocenters. The molecular weight excluding hydrogens is 263 g/mol. The second kappa shape index (κ2) is 6.05. The molecule has 1 atom stereocenters. The van der Waals surface area contributed by atoms with Gasteiger partial charge in [0.25, 0.3) is 0 Å². The number of amides is 2. The Morgan fingerprint density at radius 3 is 2.95 bits per heavy atom. The minimum absolute atomic E-state index is 0.0459. The van der Waals surface area contributed by atoms with Crippen molar-refractivity contribution < 1.29 is 14.0 Å². The van der Waals surface area contributed by atoms with Crippen molar-refractivity contribution in [1.82, 2.24) is 10.9 Å². The lowest BCUT2D eigenvalue weighted by Crippen LogP contribution is -2.29. The molecule has 0 aromatic heterocycles. The first-order valence-electron chi connectivity index (χ1n) is 5.98. The van der Waals surface area contributed by atoms with Crippen LogP contribution in [0.15, 0.2) is 34.5 Å². The molecule has 2 amide bonds. The van der Waals surface area contributed by atoms with Crippen LogP contribution in [0.25, 0.3) is 0 Å². The number of hydrogen-bond acceptors (Lipinski definition) is 4. The average Bonchev–Trinajstić information content (AvgIpc) is 2.73. The van der Waals surface area contributed by atoms with E-state index in [1.807, 2.05) is 0 Å². The summed E-state index contributed by atoms with van der Waals surface area (Å²) in [7, 11) is 0. The lowest BCUT2D eigenvalue weighted by molar-refractivity contribution is -0.127. The van der Waals surface area contributed by atoms with E-state index in [0.29, 0.717) is 5.71 Å². The molecule has 2 N–H and O–H groups in total. The summed E-state index contributed by atoms with van der Waals surface area (Å²) >= 11 is 0. The quantitative estimate of drug-likeness (QED) is 0.629. The Morgan fingerprint density at radius 1 is 1.55 bits per heavy atom. The molecule has 0 radical (unpaired) electrons. The van der Waals surface area contributed by atoms with Crippen LogP contribution in [0.1, 0.15) is 18.9 Å². The van der Waals surface area contributed by atoms with Crippen LogP contribution in [-0.4, -0.2) is 23.7 Å². The maximum atomic E-state index is 13.3. The van der Waals surface area contributed by atoms with E-state index in [-0.39, 0.29) is 17.9 Å². The molecule has 1 aromatic carbocycles. The van der Waals surface area contributed by atoms with E-state index >= 15 is 0 Å². The predicted octanol–water partition coefficient (Wildman–Crippen LogP) is 0.788. The minimum atomic E-state index is -0.571. The Kier molecular flexibility index (Phi) is 4.19. The fourth-order valence-corrected chi connectivity index (χ4v) is 1.71. The highest BCUT2D eigenvalue weighted by Gasteiger charge is 2.28. The number of hydrazone groups is 2. The molecule has 6 nitrogen and oxygen atoms in total. The molecule has 1 heterocycles. The van der Waals surface area contributed by atoms with Gasteiger partial charge in [0.15, 0.2) is 0 Å². The number of halogens is 1. The topological polar surface area (TPSA) is 82.9 Å². The Morgan fingerprint density at radius 2 is 2.30 bits per heavy atom. The molecule has 0 fully saturated rings. The molecule has 1 aliphatic rings. The zero-order chi connectivity index (χ0) is 14.5. The van der Waals surface area contributed by atoms with Crippen molar-refractivity contribution in [3.05, 3.63) is 35.6 Å². The molecule has 1 aromatic rings. The van der Waals surface area contributed by atoms with E-state index in [9.17, 15) is 14.0 Å². The van der Waals surface area contributed by atoms with Gasteiger partial charge in [0.05, 0.1) is 12.1 Å². The number of carbonyl (C=O) groups is 2. The maximum Gasteiger partial charge on any atom is 0.249 e. The first-order valence-corrected chi connectivity index (χ1v) is 5.98. The highest BCUT2D eigenvalue weighted by atomic mass is 19.1. The first kappa shape index (κ1) is 13.9. The van der Waals surface area contributed by atoms with E-state index in [1.165, 1.54) is 18.3 Å². The van der Waals surface area contributed by atoms with Gasteiger partial charge in [-0.05, 0) is 13.0 Å². The van der Waals surface area contributed by atoms with Crippen LogP contribution >= 0.6 is 0 Å². The molecule has 0 spiro atoms. The summed E-state index contributed by atoms with van der Waals surface area (Å²) in [5, 5.41) is 7.40. The predicted molar refractivity (Wildman–Crippen MR) is 71.5 cm³/mol. The molecule has 0 saturated heterocycles. The van der Waals surface area contributed by atoms with Crippen molar-refractivity contribution in [2.75, 3.05) is 0 Å². The Balaban J connectivity index is 1.88. The number of nitrogens with one attached hydrogen (secondary N) is 2. The number of hydrogen-bond donors (Lipinski definition) is 2. The molecule has 104 valence electrons. The second-order valence-corrected chi connectivity index (χ2v) is 4.30. The lowest BCUT2D eigenvalue weighted by atomic mass is 10.0. The number of nitrogens with zero attached hydrogens (tertiary/aromatic N) is 2. The van der Waals surface area contributed by atoms with Crippen LogP contribution < -0.4 is 10.9 Å². The standard InChI is InChI=1S/C13H13FN4O2/c1-8-10(13(20)18-16-8)6-12(19)17-15-7-9-4-2-3-5-11(9)14/h2-5,7,10H,6H2,1H3,(H,17,19)(H,18,20). The van der Waals surface area contributed by atoms with Crippen LogP contribution in [0.5, 0.6) is 0 Å². The third kappa shape index (κ3) is 3.25. The van der Waals surface area contributed by atoms with E-state index < -0.39 is 17.6 Å². The van der Waals surface area contributed by atoms with Crippen molar-refractivity contribution in [2.24, 2.45) is 16.1 Å². The van der Waals surface area contributed by atoms with Gasteiger partial charge in [-0.25, -0.2) is 15.2 Å². The lowest BCUT2D eigenvalue weighted by Gasteiger charge is -2.05. The highest BCUT2D eigenvalue weighted by molar-refractivity contribution is 6.09. The zero-order valence-electron chi connectivity index (χ0n) is 10.8. The third-order valence-corrected chi connectivity index (χ3v) is 2.85. The molecule has 0 bridgehead atoms. The van der Waals surface area contributed by atoms with Crippen molar-refractivity contribution in [2.45, 2.75) is 13.3 Å². The van der Waals surface area contributed by atoms with Crippen LogP contribution in [0.4, 0.5) is 4.39 Å². The van der Waals surface area contributed by atoms with Gasteiger partial charge in [0.1, 0.15) is 5.82 Å². The van der Waals surface area contributed by atoms with Gasteiger partial charge >= 0.3 is 0 Å². The van der Waals surface area contributed by atoms with Crippen molar-refractivity contribution in [1.29, 1.82) is 0 Å². The van der Waals surface area contributed by atoms with E-state index in [1.54, 1.807) is 19.1 Å². The molecule has 7 heteroatoms. The Bertz CT molecular complexity index is 598. The Labute approximate surface area is 114 Å². The van der Waals surface area contributed by atoms with Gasteiger partial charge in [-0.1, -0.05) is 18.2 Å². The Hall–Kier alpha value is -2.57. The van der Waals surface area contributed by atoms with Gasteiger partial charge in [0, 0.05) is 17.7 Å². The van der Waals surface area contributed by atoms with Crippen LogP contribution in [0.3, 0.4) is 0 Å². The summed E-state index contributed by atoms with van der Waals surface area (Å²) in [4.78, 5) is 23.0. The number of carbonyl (C=O) groups excluding carboxylic acids is 2. The smallest absolute Gasteiger partial charge is 0.249 e. The summed E-state index contributed by atoms with van der Waals surface area (Å²) in [5.41, 5.74) is 5.38. The van der Waals surface area contributed by atoms with Crippen molar-refractivity contribution >= 4 is 23.7 Å². The van der Waals surface area contributed by atoms with Gasteiger partial charge in [-0.15, -0.1) is 0 Å². The highest BCUT2D eigenvalue weighted by Crippen LogP contribution is 2.11. The van der Waals surface area contributed by atoms with E-state index in [0.717, 1.165) is 0 Å². The SMILES string of the molecule is CC1=NNC(=O)C1CC(=O)NN=Cc1ccccc1F. The maximum absolute atomic E-state index is 13.3. The fraction of sp³-hybridized carbons (Fsp3) is 0.231. The minimum Gasteiger partial charge on any atom is -0.273 e. The van der Waals surface area contributed by atoms with E-state index in [4.69, 9.17) is 0 Å². The molecule has 0 saturated carbocycles. The molecular formula is C13H13FN4O2. The van der Waals surface area contributed by atoms with Crippen molar-refractivity contribution in [3.63, 3.8) is 0 Å². The van der Waals surface area contributed by atoms with Crippen molar-refractivity contribution in [3.8, 4) is 0 Å². The summed E-state index contributed by atoms with van der Waals surface area (Å²) in [6, 6.07) is 6.05. The normalized spacial score (nSPS) is 18.0. The van der Waals surface area contributed by atoms with Crippen LogP contribution in [0, 0.1) is 11.7 Å². The van der Waals surface area contributed by atoms with Gasteiger partial charge in [0.2, 0.25) is 11.8 Å². The second-order valence-electron chi connectivity index (χ2n) is 4.30. The largest absolute Gasteiger partial charge is 0.273 e. The van der Waals surface area contributed by atoms with Gasteiger partial charge < -0.3 is 0 Å². The summed E-state index contributed by atoms with van der Waals surface area (Å²) < 4.78 is 13.3. The summed E-state index contributed by atoms with van der Waals surface area (Å²) in [5.74, 6) is -1.74. The third-order valence-electron chi connectivity index (χ3n) is 2.85. The summed E-state index contributed by atoms with van der Waals surface area (Å²) in [6.45, 7) is 1.67. The molecule has 0 aliphatic carbocycles. The number of rotatable bonds is 4. The van der Waals surface area contributed by atoms with E-state index in [2.05, 4.69) is 21.1 Å². The molecule has 1 aliphatic heterocycles. The van der Waals surface area contributed by atoms with Crippen LogP contribution in [-0.2, 0) is 9.59 Å². The number of benzene rings is 1.